The summed E-state index contributed by atoms with van der Waals surface area (Å²) in [5.74, 6) is -0.0434. The van der Waals surface area contributed by atoms with Crippen LogP contribution in [0.25, 0.3) is 10.9 Å². The Morgan fingerprint density at radius 3 is 2.83 bits per heavy atom. The Morgan fingerprint density at radius 2 is 2.17 bits per heavy atom. The van der Waals surface area contributed by atoms with E-state index in [0.717, 1.165) is 12.1 Å². The van der Waals surface area contributed by atoms with Crippen LogP contribution < -0.4 is 0 Å². The molecule has 1 aromatic carbocycles. The van der Waals surface area contributed by atoms with Gasteiger partial charge in [-0.3, -0.25) is 9.36 Å². The second-order valence-electron chi connectivity index (χ2n) is 5.80. The van der Waals surface area contributed by atoms with Gasteiger partial charge in [0.25, 0.3) is 5.09 Å². The highest BCUT2D eigenvalue weighted by Crippen LogP contribution is 2.30. The molecule has 0 aliphatic carbocycles. The number of benzene rings is 1. The topological polar surface area (TPSA) is 97.8 Å². The minimum absolute atomic E-state index is 0.114. The maximum atomic E-state index is 12.4. The summed E-state index contributed by atoms with van der Waals surface area (Å²) >= 11 is 0. The van der Waals surface area contributed by atoms with E-state index in [0.29, 0.717) is 17.3 Å². The van der Waals surface area contributed by atoms with Gasteiger partial charge in [-0.1, -0.05) is 6.07 Å². The average molecular weight is 335 g/mol. The summed E-state index contributed by atoms with van der Waals surface area (Å²) in [6, 6.07) is 5.06. The van der Waals surface area contributed by atoms with E-state index < -0.39 is 5.09 Å². The molecule has 0 radical (unpaired) electrons. The van der Waals surface area contributed by atoms with E-state index in [-0.39, 0.29) is 31.1 Å². The van der Waals surface area contributed by atoms with Gasteiger partial charge in [0.2, 0.25) is 5.91 Å². The number of carbonyl (C=O) groups is 1. The Kier molecular flexibility index (Phi) is 5.75. The monoisotopic (exact) mass is 335 g/mol. The van der Waals surface area contributed by atoms with Gasteiger partial charge in [-0.05, 0) is 44.6 Å². The predicted molar refractivity (Wildman–Crippen MR) is 88.7 cm³/mol. The molecule has 2 rings (SSSR count). The number of fused-ring (bicyclic) bond motifs is 1. The number of hydrogen-bond donors (Lipinski definition) is 1. The summed E-state index contributed by atoms with van der Waals surface area (Å²) in [5, 5.41) is 20.1. The van der Waals surface area contributed by atoms with Crippen LogP contribution in [-0.4, -0.2) is 52.8 Å². The van der Waals surface area contributed by atoms with Crippen molar-refractivity contribution in [2.24, 2.45) is 0 Å². The fourth-order valence-corrected chi connectivity index (χ4v) is 2.57. The zero-order chi connectivity index (χ0) is 17.7. The third kappa shape index (κ3) is 4.23. The summed E-state index contributed by atoms with van der Waals surface area (Å²) in [4.78, 5) is 28.8. The summed E-state index contributed by atoms with van der Waals surface area (Å²) in [6.45, 7) is 0.676. The van der Waals surface area contributed by atoms with E-state index in [9.17, 15) is 20.0 Å². The summed E-state index contributed by atoms with van der Waals surface area (Å²) in [7, 11) is 3.92. The molecule has 0 fully saturated rings. The molecule has 0 saturated carbocycles. The Hall–Kier alpha value is -2.61. The first-order valence-corrected chi connectivity index (χ1v) is 7.67. The number of nitrogens with zero attached hydrogens (tertiary/aromatic N) is 3. The number of rotatable bonds is 8. The van der Waals surface area contributed by atoms with E-state index in [1.165, 1.54) is 4.57 Å². The molecule has 1 aromatic heterocycles. The molecule has 0 spiro atoms. The minimum Gasteiger partial charge on any atom is -0.507 e. The van der Waals surface area contributed by atoms with Crippen LogP contribution in [0, 0.1) is 10.1 Å². The molecule has 0 amide bonds. The molecular formula is C16H21N3O5. The molecule has 1 N–H and O–H groups in total. The quantitative estimate of drug-likeness (QED) is 0.450. The van der Waals surface area contributed by atoms with Crippen molar-refractivity contribution in [2.75, 3.05) is 27.2 Å². The van der Waals surface area contributed by atoms with Gasteiger partial charge >= 0.3 is 0 Å². The van der Waals surface area contributed by atoms with Gasteiger partial charge in [0, 0.05) is 24.5 Å². The molecule has 0 unspecified atom stereocenters. The minimum atomic E-state index is -0.868. The molecule has 0 aliphatic rings. The van der Waals surface area contributed by atoms with E-state index >= 15 is 0 Å². The lowest BCUT2D eigenvalue weighted by molar-refractivity contribution is -0.757. The zero-order valence-electron chi connectivity index (χ0n) is 13.8. The van der Waals surface area contributed by atoms with Crippen LogP contribution in [0.5, 0.6) is 5.75 Å². The SMILES string of the molecule is CN(C)CCc1cn(C(=O)CCCO[N+](=O)[O-])c2cccc(O)c12. The number of hydrogen-bond acceptors (Lipinski definition) is 6. The van der Waals surface area contributed by atoms with Crippen molar-refractivity contribution in [1.82, 2.24) is 9.47 Å². The average Bonchev–Trinajstić information content (AvgIpc) is 2.89. The van der Waals surface area contributed by atoms with Gasteiger partial charge in [0.05, 0.1) is 12.1 Å². The Labute approximate surface area is 139 Å². The van der Waals surface area contributed by atoms with Gasteiger partial charge in [-0.2, -0.15) is 0 Å². The first-order valence-electron chi connectivity index (χ1n) is 7.67. The molecule has 8 nitrogen and oxygen atoms in total. The zero-order valence-corrected chi connectivity index (χ0v) is 13.8. The molecule has 0 bridgehead atoms. The van der Waals surface area contributed by atoms with Crippen LogP contribution in [0.15, 0.2) is 24.4 Å². The largest absolute Gasteiger partial charge is 0.507 e. The molecule has 8 heteroatoms. The van der Waals surface area contributed by atoms with Crippen molar-refractivity contribution >= 4 is 16.8 Å². The number of carbonyl (C=O) groups excluding carboxylic acids is 1. The van der Waals surface area contributed by atoms with Crippen LogP contribution in [0.3, 0.4) is 0 Å². The normalized spacial score (nSPS) is 11.1. The van der Waals surface area contributed by atoms with Crippen molar-refractivity contribution in [3.63, 3.8) is 0 Å². The molecule has 24 heavy (non-hydrogen) atoms. The molecule has 2 aromatic rings. The second kappa shape index (κ2) is 7.78. The lowest BCUT2D eigenvalue weighted by Crippen LogP contribution is -2.15. The smallest absolute Gasteiger partial charge is 0.294 e. The maximum absolute atomic E-state index is 12.4. The third-order valence-corrected chi connectivity index (χ3v) is 3.71. The van der Waals surface area contributed by atoms with E-state index in [1.807, 2.05) is 19.0 Å². The molecule has 0 saturated heterocycles. The highest BCUT2D eigenvalue weighted by atomic mass is 16.9. The van der Waals surface area contributed by atoms with E-state index in [1.54, 1.807) is 24.4 Å². The number of aromatic hydroxyl groups is 1. The van der Waals surface area contributed by atoms with Gasteiger partial charge in [-0.25, -0.2) is 0 Å². The lowest BCUT2D eigenvalue weighted by Gasteiger charge is -2.08. The van der Waals surface area contributed by atoms with Gasteiger partial charge in [-0.15, -0.1) is 10.1 Å². The van der Waals surface area contributed by atoms with Crippen molar-refractivity contribution in [3.05, 3.63) is 40.1 Å². The lowest BCUT2D eigenvalue weighted by atomic mass is 10.1. The highest BCUT2D eigenvalue weighted by Gasteiger charge is 2.16. The molecule has 0 atom stereocenters. The Bertz CT molecular complexity index is 739. The van der Waals surface area contributed by atoms with E-state index in [2.05, 4.69) is 4.84 Å². The molecular weight excluding hydrogens is 314 g/mol. The van der Waals surface area contributed by atoms with Crippen LogP contribution >= 0.6 is 0 Å². The molecule has 130 valence electrons. The molecule has 1 heterocycles. The van der Waals surface area contributed by atoms with Crippen LogP contribution in [0.1, 0.15) is 23.2 Å². The number of phenols is 1. The van der Waals surface area contributed by atoms with E-state index in [4.69, 9.17) is 0 Å². The summed E-state index contributed by atoms with van der Waals surface area (Å²) in [5.41, 5.74) is 1.54. The Morgan fingerprint density at radius 1 is 1.42 bits per heavy atom. The maximum Gasteiger partial charge on any atom is 0.294 e. The van der Waals surface area contributed by atoms with Crippen LogP contribution in [0.2, 0.25) is 0 Å². The predicted octanol–water partition coefficient (Wildman–Crippen LogP) is 2.08. The summed E-state index contributed by atoms with van der Waals surface area (Å²) < 4.78 is 1.51. The first-order chi connectivity index (χ1) is 11.4. The van der Waals surface area contributed by atoms with Crippen LogP contribution in [-0.2, 0) is 11.3 Å². The summed E-state index contributed by atoms with van der Waals surface area (Å²) in [6.07, 6.45) is 2.82. The Balaban J connectivity index is 2.21. The van der Waals surface area contributed by atoms with Gasteiger partial charge < -0.3 is 14.8 Å². The fraction of sp³-hybridized carbons (Fsp3) is 0.438. The van der Waals surface area contributed by atoms with Crippen molar-refractivity contribution in [1.29, 1.82) is 0 Å². The fourth-order valence-electron chi connectivity index (χ4n) is 2.57. The third-order valence-electron chi connectivity index (χ3n) is 3.71. The van der Waals surface area contributed by atoms with Crippen LogP contribution in [0.4, 0.5) is 0 Å². The molecule has 0 aliphatic heterocycles. The van der Waals surface area contributed by atoms with Crippen molar-refractivity contribution in [3.8, 4) is 5.75 Å². The van der Waals surface area contributed by atoms with Crippen molar-refractivity contribution < 1.29 is 19.8 Å². The van der Waals surface area contributed by atoms with Gasteiger partial charge in [0.1, 0.15) is 5.75 Å². The standard InChI is InChI=1S/C16H21N3O5/c1-17(2)9-8-12-11-18(13-5-3-6-14(20)16(12)13)15(21)7-4-10-24-19(22)23/h3,5-6,11,20H,4,7-10H2,1-2H3. The number of phenolic OH excluding ortho intramolecular Hbond substituents is 1. The first kappa shape index (κ1) is 17.7. The van der Waals surface area contributed by atoms with Crippen molar-refractivity contribution in [2.45, 2.75) is 19.3 Å². The number of likely N-dealkylation sites (N-methyl/N-ethyl adjacent to an activating group) is 1. The highest BCUT2D eigenvalue weighted by molar-refractivity contribution is 5.97. The second-order valence-corrected chi connectivity index (χ2v) is 5.80. The van der Waals surface area contributed by atoms with Gasteiger partial charge in [0.15, 0.2) is 0 Å². The number of aromatic nitrogens is 1.